The first-order chi connectivity index (χ1) is 14.5. The maximum absolute atomic E-state index is 12.1. The lowest BCUT2D eigenvalue weighted by atomic mass is 10.1. The third-order valence-corrected chi connectivity index (χ3v) is 5.60. The zero-order valence-corrected chi connectivity index (χ0v) is 20.3. The number of rotatable bonds is 17. The number of benzene rings is 1. The van der Waals surface area contributed by atoms with Crippen molar-refractivity contribution in [2.75, 3.05) is 40.9 Å². The van der Waals surface area contributed by atoms with Crippen molar-refractivity contribution in [3.63, 3.8) is 0 Å². The number of halogens is 1. The molecule has 0 heterocycles. The molecule has 10 heteroatoms. The van der Waals surface area contributed by atoms with Gasteiger partial charge in [-0.2, -0.15) is 0 Å². The zero-order valence-electron chi connectivity index (χ0n) is 18.7. The van der Waals surface area contributed by atoms with Crippen LogP contribution in [0.2, 0.25) is 5.02 Å². The Hall–Kier alpha value is -1.15. The van der Waals surface area contributed by atoms with E-state index >= 15 is 0 Å². The Balaban J connectivity index is 2.13. The molecule has 0 fully saturated rings. The van der Waals surface area contributed by atoms with E-state index in [-0.39, 0.29) is 19.6 Å². The van der Waals surface area contributed by atoms with Crippen LogP contribution in [0, 0.1) is 0 Å². The highest BCUT2D eigenvalue weighted by Crippen LogP contribution is 2.45. The standard InChI is InChI=1S/C21H35ClNO7P/c1-23(2,3)17-20(16-21(24)25)30-31(26,27)29-14-9-7-5-4-6-8-13-28-19-12-10-11-18(22)15-19/h10-12,15,20H,4-9,13-14,16-17H2,1-3H3,(H-,24,25,26,27)/p+1. The fourth-order valence-corrected chi connectivity index (χ4v) is 4.12. The van der Waals surface area contributed by atoms with Crippen molar-refractivity contribution < 1.29 is 37.6 Å². The van der Waals surface area contributed by atoms with Crippen LogP contribution in [0.25, 0.3) is 0 Å². The summed E-state index contributed by atoms with van der Waals surface area (Å²) in [6, 6.07) is 7.32. The van der Waals surface area contributed by atoms with Crippen LogP contribution < -0.4 is 4.74 Å². The highest BCUT2D eigenvalue weighted by Gasteiger charge is 2.31. The van der Waals surface area contributed by atoms with Crippen molar-refractivity contribution >= 4 is 25.4 Å². The Kier molecular flexibility index (Phi) is 12.7. The summed E-state index contributed by atoms with van der Waals surface area (Å²) >= 11 is 5.91. The molecule has 0 radical (unpaired) electrons. The number of hydrogen-bond acceptors (Lipinski definition) is 5. The first kappa shape index (κ1) is 27.9. The molecule has 0 bridgehead atoms. The molecule has 31 heavy (non-hydrogen) atoms. The first-order valence-corrected chi connectivity index (χ1v) is 12.4. The average molecular weight is 481 g/mol. The number of unbranched alkanes of at least 4 members (excludes halogenated alkanes) is 5. The van der Waals surface area contributed by atoms with E-state index < -0.39 is 19.9 Å². The number of carboxylic acid groups (broad SMARTS) is 1. The summed E-state index contributed by atoms with van der Waals surface area (Å²) in [5.74, 6) is -0.316. The molecule has 0 aliphatic heterocycles. The minimum Gasteiger partial charge on any atom is -0.494 e. The Morgan fingerprint density at radius 1 is 1.10 bits per heavy atom. The van der Waals surface area contributed by atoms with Gasteiger partial charge >= 0.3 is 13.8 Å². The van der Waals surface area contributed by atoms with E-state index in [0.29, 0.717) is 22.5 Å². The second kappa shape index (κ2) is 14.1. The van der Waals surface area contributed by atoms with E-state index in [9.17, 15) is 14.3 Å². The van der Waals surface area contributed by atoms with E-state index in [4.69, 9.17) is 30.5 Å². The van der Waals surface area contributed by atoms with E-state index in [1.54, 1.807) is 12.1 Å². The Morgan fingerprint density at radius 2 is 1.71 bits per heavy atom. The molecule has 1 aromatic carbocycles. The maximum Gasteiger partial charge on any atom is 0.472 e. The molecule has 0 saturated carbocycles. The summed E-state index contributed by atoms with van der Waals surface area (Å²) in [5.41, 5.74) is 0. The highest BCUT2D eigenvalue weighted by molar-refractivity contribution is 7.47. The minimum absolute atomic E-state index is 0.0931. The topological polar surface area (TPSA) is 102 Å². The van der Waals surface area contributed by atoms with E-state index in [1.165, 1.54) is 0 Å². The van der Waals surface area contributed by atoms with Crippen LogP contribution in [0.5, 0.6) is 5.75 Å². The van der Waals surface area contributed by atoms with Gasteiger partial charge in [0.25, 0.3) is 0 Å². The van der Waals surface area contributed by atoms with Crippen molar-refractivity contribution in [1.82, 2.24) is 0 Å². The third-order valence-electron chi connectivity index (χ3n) is 4.29. The Labute approximate surface area is 190 Å². The second-order valence-electron chi connectivity index (χ2n) is 8.53. The van der Waals surface area contributed by atoms with Gasteiger partial charge in [-0.25, -0.2) is 4.57 Å². The molecule has 2 atom stereocenters. The molecule has 0 aliphatic rings. The van der Waals surface area contributed by atoms with Gasteiger partial charge < -0.3 is 19.2 Å². The van der Waals surface area contributed by atoms with Gasteiger partial charge in [-0.3, -0.25) is 13.8 Å². The third kappa shape index (κ3) is 15.3. The van der Waals surface area contributed by atoms with Gasteiger partial charge in [0.15, 0.2) is 0 Å². The maximum atomic E-state index is 12.1. The van der Waals surface area contributed by atoms with Crippen LogP contribution in [0.3, 0.4) is 0 Å². The largest absolute Gasteiger partial charge is 0.494 e. The van der Waals surface area contributed by atoms with Crippen molar-refractivity contribution in [3.8, 4) is 5.75 Å². The molecular formula is C21H36ClNO7P+. The molecule has 0 aromatic heterocycles. The molecule has 0 amide bonds. The summed E-state index contributed by atoms with van der Waals surface area (Å²) < 4.78 is 28.3. The predicted octanol–water partition coefficient (Wildman–Crippen LogP) is 4.74. The molecule has 0 saturated heterocycles. The van der Waals surface area contributed by atoms with Crippen LogP contribution in [-0.2, 0) is 18.4 Å². The Morgan fingerprint density at radius 3 is 2.29 bits per heavy atom. The van der Waals surface area contributed by atoms with Crippen LogP contribution >= 0.6 is 19.4 Å². The number of phosphoric ester groups is 1. The van der Waals surface area contributed by atoms with Crippen LogP contribution in [0.1, 0.15) is 44.9 Å². The monoisotopic (exact) mass is 480 g/mol. The van der Waals surface area contributed by atoms with Gasteiger partial charge in [0.1, 0.15) is 18.4 Å². The zero-order chi connectivity index (χ0) is 23.3. The van der Waals surface area contributed by atoms with E-state index in [0.717, 1.165) is 37.9 Å². The van der Waals surface area contributed by atoms with E-state index in [2.05, 4.69) is 0 Å². The highest BCUT2D eigenvalue weighted by atomic mass is 35.5. The van der Waals surface area contributed by atoms with Gasteiger partial charge in [0, 0.05) is 5.02 Å². The molecule has 178 valence electrons. The van der Waals surface area contributed by atoms with Crippen LogP contribution in [0.15, 0.2) is 24.3 Å². The molecular weight excluding hydrogens is 445 g/mol. The summed E-state index contributed by atoms with van der Waals surface area (Å²) in [6.07, 6.45) is 4.24. The quantitative estimate of drug-likeness (QED) is 0.188. The normalized spacial score (nSPS) is 14.7. The fraction of sp³-hybridized carbons (Fsp3) is 0.667. The van der Waals surface area contributed by atoms with Gasteiger partial charge in [0.2, 0.25) is 0 Å². The Bertz CT molecular complexity index is 711. The smallest absolute Gasteiger partial charge is 0.472 e. The summed E-state index contributed by atoms with van der Waals surface area (Å²) in [6.45, 7) is 1.01. The molecule has 2 N–H and O–H groups in total. The molecule has 1 aromatic rings. The van der Waals surface area contributed by atoms with Crippen LogP contribution in [-0.4, -0.2) is 67.5 Å². The lowest BCUT2D eigenvalue weighted by Crippen LogP contribution is -2.42. The van der Waals surface area contributed by atoms with Gasteiger partial charge in [-0.1, -0.05) is 43.4 Å². The van der Waals surface area contributed by atoms with Gasteiger partial charge in [0.05, 0.1) is 40.8 Å². The summed E-state index contributed by atoms with van der Waals surface area (Å²) in [5, 5.41) is 9.64. The summed E-state index contributed by atoms with van der Waals surface area (Å²) in [4.78, 5) is 20.9. The van der Waals surface area contributed by atoms with Gasteiger partial charge in [-0.05, 0) is 31.0 Å². The van der Waals surface area contributed by atoms with Crippen molar-refractivity contribution in [2.45, 2.75) is 51.0 Å². The molecule has 1 rings (SSSR count). The summed E-state index contributed by atoms with van der Waals surface area (Å²) in [7, 11) is 1.26. The fourth-order valence-electron chi connectivity index (χ4n) is 3.00. The molecule has 0 aliphatic carbocycles. The lowest BCUT2D eigenvalue weighted by molar-refractivity contribution is -0.873. The van der Waals surface area contributed by atoms with Crippen LogP contribution in [0.4, 0.5) is 0 Å². The number of ether oxygens (including phenoxy) is 1. The molecule has 0 spiro atoms. The number of likely N-dealkylation sites (N-methyl/N-ethyl adjacent to an activating group) is 1. The number of carboxylic acids is 1. The SMILES string of the molecule is C[N+](C)(C)CC(CC(=O)O)OP(=O)(O)OCCCCCCCCOc1cccc(Cl)c1. The van der Waals surface area contributed by atoms with Crippen molar-refractivity contribution in [2.24, 2.45) is 0 Å². The number of quaternary nitrogens is 1. The average Bonchev–Trinajstić information content (AvgIpc) is 2.60. The number of carbonyl (C=O) groups is 1. The predicted molar refractivity (Wildman–Crippen MR) is 120 cm³/mol. The minimum atomic E-state index is -4.29. The number of phosphoric acid groups is 1. The first-order valence-electron chi connectivity index (χ1n) is 10.5. The number of nitrogens with zero attached hydrogens (tertiary/aromatic N) is 1. The molecule has 2 unspecified atom stereocenters. The number of aliphatic carboxylic acids is 1. The van der Waals surface area contributed by atoms with Gasteiger partial charge in [-0.15, -0.1) is 0 Å². The molecule has 8 nitrogen and oxygen atoms in total. The number of hydrogen-bond donors (Lipinski definition) is 2. The van der Waals surface area contributed by atoms with Crippen molar-refractivity contribution in [1.29, 1.82) is 0 Å². The van der Waals surface area contributed by atoms with Crippen molar-refractivity contribution in [3.05, 3.63) is 29.3 Å². The van der Waals surface area contributed by atoms with E-state index in [1.807, 2.05) is 33.3 Å². The lowest BCUT2D eigenvalue weighted by Gasteiger charge is -2.29. The second-order valence-corrected chi connectivity index (χ2v) is 10.4.